The van der Waals surface area contributed by atoms with Crippen LogP contribution in [0.3, 0.4) is 0 Å². The van der Waals surface area contributed by atoms with Gasteiger partial charge in [-0.05, 0) is 24.6 Å². The van der Waals surface area contributed by atoms with Crippen molar-refractivity contribution < 1.29 is 14.1 Å². The first-order chi connectivity index (χ1) is 10.2. The number of esters is 1. The van der Waals surface area contributed by atoms with Crippen LogP contribution >= 0.6 is 0 Å². The molecule has 3 aromatic rings. The standard InChI is InChI=1S/C17H15NO3/c1-12-5-4-6-13(9-12)11-20-17(19)10-15-14-7-2-3-8-16(14)21-18-15/h2-9H,10-11H2,1H3. The van der Waals surface area contributed by atoms with Crippen molar-refractivity contribution in [2.45, 2.75) is 20.0 Å². The molecule has 0 aliphatic heterocycles. The SMILES string of the molecule is Cc1cccc(COC(=O)Cc2noc3ccccc23)c1. The number of ether oxygens (including phenoxy) is 1. The van der Waals surface area contributed by atoms with Crippen LogP contribution in [0.1, 0.15) is 16.8 Å². The topological polar surface area (TPSA) is 52.3 Å². The normalized spacial score (nSPS) is 10.7. The smallest absolute Gasteiger partial charge is 0.312 e. The van der Waals surface area contributed by atoms with Crippen LogP contribution in [0.15, 0.2) is 53.1 Å². The van der Waals surface area contributed by atoms with Crippen LogP contribution in [0.2, 0.25) is 0 Å². The summed E-state index contributed by atoms with van der Waals surface area (Å²) in [4.78, 5) is 11.9. The van der Waals surface area contributed by atoms with Crippen molar-refractivity contribution in [2.24, 2.45) is 0 Å². The lowest BCUT2D eigenvalue weighted by molar-refractivity contribution is -0.144. The first-order valence-electron chi connectivity index (χ1n) is 6.77. The molecule has 0 N–H and O–H groups in total. The van der Waals surface area contributed by atoms with Crippen molar-refractivity contribution in [2.75, 3.05) is 0 Å². The predicted molar refractivity (Wildman–Crippen MR) is 78.7 cm³/mol. The summed E-state index contributed by atoms with van der Waals surface area (Å²) in [6.07, 6.45) is 0.114. The fourth-order valence-corrected chi connectivity index (χ4v) is 2.22. The van der Waals surface area contributed by atoms with E-state index < -0.39 is 0 Å². The van der Waals surface area contributed by atoms with Crippen LogP contribution in [0.4, 0.5) is 0 Å². The number of fused-ring (bicyclic) bond motifs is 1. The van der Waals surface area contributed by atoms with Crippen LogP contribution in [-0.4, -0.2) is 11.1 Å². The predicted octanol–water partition coefficient (Wildman–Crippen LogP) is 3.42. The molecule has 0 unspecified atom stereocenters. The summed E-state index contributed by atoms with van der Waals surface area (Å²) >= 11 is 0. The van der Waals surface area contributed by atoms with Crippen molar-refractivity contribution >= 4 is 16.9 Å². The highest BCUT2D eigenvalue weighted by molar-refractivity contribution is 5.84. The van der Waals surface area contributed by atoms with Crippen LogP contribution in [-0.2, 0) is 22.6 Å². The van der Waals surface area contributed by atoms with E-state index in [2.05, 4.69) is 5.16 Å². The number of hydrogen-bond acceptors (Lipinski definition) is 4. The molecule has 1 aromatic heterocycles. The molecule has 4 nitrogen and oxygen atoms in total. The molecular weight excluding hydrogens is 266 g/mol. The van der Waals surface area contributed by atoms with E-state index in [9.17, 15) is 4.79 Å². The zero-order chi connectivity index (χ0) is 14.7. The molecule has 0 amide bonds. The van der Waals surface area contributed by atoms with Crippen molar-refractivity contribution in [3.05, 3.63) is 65.4 Å². The Kier molecular flexibility index (Phi) is 3.69. The molecule has 0 spiro atoms. The largest absolute Gasteiger partial charge is 0.461 e. The van der Waals surface area contributed by atoms with Crippen molar-refractivity contribution in [3.63, 3.8) is 0 Å². The van der Waals surface area contributed by atoms with E-state index in [-0.39, 0.29) is 19.0 Å². The van der Waals surface area contributed by atoms with Gasteiger partial charge in [-0.25, -0.2) is 0 Å². The monoisotopic (exact) mass is 281 g/mol. The Hall–Kier alpha value is -2.62. The molecule has 0 radical (unpaired) electrons. The zero-order valence-electron chi connectivity index (χ0n) is 11.7. The molecule has 0 bridgehead atoms. The minimum atomic E-state index is -0.310. The van der Waals surface area contributed by atoms with Crippen molar-refractivity contribution in [3.8, 4) is 0 Å². The summed E-state index contributed by atoms with van der Waals surface area (Å²) in [7, 11) is 0. The molecule has 0 saturated heterocycles. The summed E-state index contributed by atoms with van der Waals surface area (Å²) in [5.41, 5.74) is 3.42. The highest BCUT2D eigenvalue weighted by Gasteiger charge is 2.13. The summed E-state index contributed by atoms with van der Waals surface area (Å²) in [5.74, 6) is -0.310. The number of aryl methyl sites for hydroxylation is 1. The molecular formula is C17H15NO3. The van der Waals surface area contributed by atoms with Gasteiger partial charge in [-0.3, -0.25) is 4.79 Å². The van der Waals surface area contributed by atoms with E-state index in [0.29, 0.717) is 11.3 Å². The summed E-state index contributed by atoms with van der Waals surface area (Å²) in [6.45, 7) is 2.28. The average molecular weight is 281 g/mol. The van der Waals surface area contributed by atoms with E-state index in [1.54, 1.807) is 0 Å². The van der Waals surface area contributed by atoms with Gasteiger partial charge in [0, 0.05) is 5.39 Å². The Balaban J connectivity index is 1.64. The second-order valence-corrected chi connectivity index (χ2v) is 4.95. The minimum absolute atomic E-state index is 0.114. The van der Waals surface area contributed by atoms with Gasteiger partial charge in [0.05, 0.1) is 6.42 Å². The lowest BCUT2D eigenvalue weighted by Gasteiger charge is -2.04. The van der Waals surface area contributed by atoms with Crippen LogP contribution in [0.25, 0.3) is 11.0 Å². The molecule has 4 heteroatoms. The molecule has 0 atom stereocenters. The second kappa shape index (κ2) is 5.79. The van der Waals surface area contributed by atoms with Gasteiger partial charge >= 0.3 is 5.97 Å². The first kappa shape index (κ1) is 13.4. The number of nitrogens with zero attached hydrogens (tertiary/aromatic N) is 1. The Morgan fingerprint density at radius 2 is 2.05 bits per heavy atom. The molecule has 0 aliphatic rings. The lowest BCUT2D eigenvalue weighted by Crippen LogP contribution is -2.08. The van der Waals surface area contributed by atoms with E-state index >= 15 is 0 Å². The van der Waals surface area contributed by atoms with Gasteiger partial charge in [-0.2, -0.15) is 0 Å². The van der Waals surface area contributed by atoms with Crippen molar-refractivity contribution in [1.29, 1.82) is 0 Å². The average Bonchev–Trinajstić information content (AvgIpc) is 2.89. The van der Waals surface area contributed by atoms with Gasteiger partial charge in [0.2, 0.25) is 0 Å². The maximum Gasteiger partial charge on any atom is 0.312 e. The maximum atomic E-state index is 11.9. The summed E-state index contributed by atoms with van der Waals surface area (Å²) in [6, 6.07) is 15.4. The third-order valence-electron chi connectivity index (χ3n) is 3.25. The minimum Gasteiger partial charge on any atom is -0.461 e. The molecule has 106 valence electrons. The maximum absolute atomic E-state index is 11.9. The van der Waals surface area contributed by atoms with Crippen LogP contribution in [0, 0.1) is 6.92 Å². The van der Waals surface area contributed by atoms with E-state index in [4.69, 9.17) is 9.26 Å². The van der Waals surface area contributed by atoms with Crippen LogP contribution < -0.4 is 0 Å². The third kappa shape index (κ3) is 3.11. The second-order valence-electron chi connectivity index (χ2n) is 4.95. The van der Waals surface area contributed by atoms with Gasteiger partial charge in [0.25, 0.3) is 0 Å². The lowest BCUT2D eigenvalue weighted by atomic mass is 10.1. The molecule has 21 heavy (non-hydrogen) atoms. The van der Waals surface area contributed by atoms with E-state index in [1.807, 2.05) is 55.5 Å². The number of benzene rings is 2. The highest BCUT2D eigenvalue weighted by Crippen LogP contribution is 2.18. The van der Waals surface area contributed by atoms with Gasteiger partial charge < -0.3 is 9.26 Å². The number of para-hydroxylation sites is 1. The van der Waals surface area contributed by atoms with Gasteiger partial charge in [-0.15, -0.1) is 0 Å². The number of carbonyl (C=O) groups excluding carboxylic acids is 1. The molecule has 0 saturated carbocycles. The summed E-state index contributed by atoms with van der Waals surface area (Å²) in [5, 5.41) is 4.78. The first-order valence-corrected chi connectivity index (χ1v) is 6.77. The Bertz CT molecular complexity index is 776. The number of hydrogen-bond donors (Lipinski definition) is 0. The van der Waals surface area contributed by atoms with Crippen LogP contribution in [0.5, 0.6) is 0 Å². The van der Waals surface area contributed by atoms with E-state index in [0.717, 1.165) is 16.5 Å². The van der Waals surface area contributed by atoms with E-state index in [1.165, 1.54) is 0 Å². The molecule has 0 aliphatic carbocycles. The third-order valence-corrected chi connectivity index (χ3v) is 3.25. The fraction of sp³-hybridized carbons (Fsp3) is 0.176. The molecule has 0 fully saturated rings. The highest BCUT2D eigenvalue weighted by atomic mass is 16.5. The fourth-order valence-electron chi connectivity index (χ4n) is 2.22. The Morgan fingerprint density at radius 1 is 1.19 bits per heavy atom. The van der Waals surface area contributed by atoms with Gasteiger partial charge in [0.15, 0.2) is 5.58 Å². The molecule has 2 aromatic carbocycles. The molecule has 1 heterocycles. The van der Waals surface area contributed by atoms with Crippen molar-refractivity contribution in [1.82, 2.24) is 5.16 Å². The number of rotatable bonds is 4. The Morgan fingerprint density at radius 3 is 2.90 bits per heavy atom. The molecule has 3 rings (SSSR count). The Labute approximate surface area is 122 Å². The quantitative estimate of drug-likeness (QED) is 0.687. The van der Waals surface area contributed by atoms with Gasteiger partial charge in [-0.1, -0.05) is 47.1 Å². The van der Waals surface area contributed by atoms with Gasteiger partial charge in [0.1, 0.15) is 12.3 Å². The zero-order valence-corrected chi connectivity index (χ0v) is 11.7. The number of aromatic nitrogens is 1. The summed E-state index contributed by atoms with van der Waals surface area (Å²) < 4.78 is 10.5. The number of carbonyl (C=O) groups is 1.